The molecule has 3 rings (SSSR count). The maximum atomic E-state index is 12.8. The molecule has 1 aliphatic heterocycles. The number of nitrogens with zero attached hydrogens (tertiary/aromatic N) is 2. The van der Waals surface area contributed by atoms with Crippen LogP contribution in [0.1, 0.15) is 23.1 Å². The Hall–Kier alpha value is -2.58. The Kier molecular flexibility index (Phi) is 6.99. The van der Waals surface area contributed by atoms with Crippen molar-refractivity contribution in [2.75, 3.05) is 20.3 Å². The van der Waals surface area contributed by atoms with Gasteiger partial charge in [0.25, 0.3) is 0 Å². The molecule has 9 heteroatoms. The fourth-order valence-electron chi connectivity index (χ4n) is 3.07. The largest absolute Gasteiger partial charge is 0.416 e. The average Bonchev–Trinajstić information content (AvgIpc) is 3.16. The van der Waals surface area contributed by atoms with Gasteiger partial charge in [0.05, 0.1) is 17.8 Å². The van der Waals surface area contributed by atoms with Crippen LogP contribution in [0.2, 0.25) is 5.02 Å². The molecule has 0 saturated heterocycles. The molecule has 1 atom stereocenters. The first-order chi connectivity index (χ1) is 14.3. The Labute approximate surface area is 177 Å². The van der Waals surface area contributed by atoms with Crippen LogP contribution in [-0.4, -0.2) is 42.9 Å². The van der Waals surface area contributed by atoms with E-state index in [-0.39, 0.29) is 31.7 Å². The molecule has 0 unspecified atom stereocenters. The summed E-state index contributed by atoms with van der Waals surface area (Å²) >= 11 is 5.90. The quantitative estimate of drug-likeness (QED) is 0.635. The zero-order valence-corrected chi connectivity index (χ0v) is 16.9. The summed E-state index contributed by atoms with van der Waals surface area (Å²) < 4.78 is 43.2. The minimum absolute atomic E-state index is 0.135. The summed E-state index contributed by atoms with van der Waals surface area (Å²) in [7, 11) is 1.40. The van der Waals surface area contributed by atoms with E-state index in [9.17, 15) is 18.0 Å². The van der Waals surface area contributed by atoms with Crippen LogP contribution in [0.25, 0.3) is 0 Å². The third kappa shape index (κ3) is 5.73. The van der Waals surface area contributed by atoms with E-state index in [2.05, 4.69) is 5.16 Å². The second-order valence-corrected chi connectivity index (χ2v) is 7.31. The minimum atomic E-state index is -4.41. The number of hydrogen-bond acceptors (Lipinski definition) is 4. The lowest BCUT2D eigenvalue weighted by Gasteiger charge is -2.25. The Bertz CT molecular complexity index is 899. The number of halogens is 4. The molecule has 5 nitrogen and oxygen atoms in total. The van der Waals surface area contributed by atoms with Crippen LogP contribution < -0.4 is 0 Å². The fourth-order valence-corrected chi connectivity index (χ4v) is 3.20. The maximum absolute atomic E-state index is 12.8. The standard InChI is InChI=1S/C21H20ClF3N2O3/c1-29-13-20(28)27(11-14-2-6-16(7-3-14)21(23,24)25)12-18-10-19(26-30-18)15-4-8-17(22)9-5-15/h2-9,18H,10-13H2,1H3/t18-/m0/s1. The lowest BCUT2D eigenvalue weighted by Crippen LogP contribution is -2.39. The van der Waals surface area contributed by atoms with Gasteiger partial charge in [-0.15, -0.1) is 0 Å². The van der Waals surface area contributed by atoms with Gasteiger partial charge in [-0.1, -0.05) is 41.0 Å². The first-order valence-corrected chi connectivity index (χ1v) is 9.55. The van der Waals surface area contributed by atoms with E-state index in [1.807, 2.05) is 12.1 Å². The minimum Gasteiger partial charge on any atom is -0.390 e. The van der Waals surface area contributed by atoms with Crippen molar-refractivity contribution in [3.05, 3.63) is 70.2 Å². The molecule has 0 bridgehead atoms. The molecular formula is C21H20ClF3N2O3. The first kappa shape index (κ1) is 22.1. The number of hydrogen-bond donors (Lipinski definition) is 0. The van der Waals surface area contributed by atoms with Crippen LogP contribution in [0.4, 0.5) is 13.2 Å². The lowest BCUT2D eigenvalue weighted by molar-refractivity contribution is -0.138. The molecule has 0 radical (unpaired) electrons. The normalized spacial score (nSPS) is 16.2. The van der Waals surface area contributed by atoms with Crippen molar-refractivity contribution in [1.29, 1.82) is 0 Å². The third-order valence-electron chi connectivity index (χ3n) is 4.61. The summed E-state index contributed by atoms with van der Waals surface area (Å²) in [5.74, 6) is -0.291. The van der Waals surface area contributed by atoms with Gasteiger partial charge in [-0.2, -0.15) is 13.2 Å². The summed E-state index contributed by atoms with van der Waals surface area (Å²) in [6.07, 6.45) is -4.28. The SMILES string of the molecule is COCC(=O)N(Cc1ccc(C(F)(F)F)cc1)C[C@@H]1CC(c2ccc(Cl)cc2)=NO1. The second-order valence-electron chi connectivity index (χ2n) is 6.88. The predicted molar refractivity (Wildman–Crippen MR) is 106 cm³/mol. The summed E-state index contributed by atoms with van der Waals surface area (Å²) in [4.78, 5) is 19.4. The Morgan fingerprint density at radius 1 is 1.20 bits per heavy atom. The number of methoxy groups -OCH3 is 1. The van der Waals surface area contributed by atoms with Crippen molar-refractivity contribution >= 4 is 23.2 Å². The van der Waals surface area contributed by atoms with E-state index in [0.717, 1.165) is 23.4 Å². The third-order valence-corrected chi connectivity index (χ3v) is 4.86. The van der Waals surface area contributed by atoms with Gasteiger partial charge in [0.1, 0.15) is 6.61 Å². The van der Waals surface area contributed by atoms with Crippen molar-refractivity contribution < 1.29 is 27.5 Å². The van der Waals surface area contributed by atoms with Gasteiger partial charge in [-0.25, -0.2) is 0 Å². The highest BCUT2D eigenvalue weighted by Gasteiger charge is 2.30. The molecule has 2 aromatic carbocycles. The van der Waals surface area contributed by atoms with Crippen molar-refractivity contribution in [3.63, 3.8) is 0 Å². The van der Waals surface area contributed by atoms with Crippen LogP contribution in [0, 0.1) is 0 Å². The predicted octanol–water partition coefficient (Wildman–Crippen LogP) is 4.53. The number of carbonyl (C=O) groups is 1. The van der Waals surface area contributed by atoms with Gasteiger partial charge >= 0.3 is 6.18 Å². The Morgan fingerprint density at radius 2 is 1.87 bits per heavy atom. The molecule has 1 aliphatic rings. The number of alkyl halides is 3. The van der Waals surface area contributed by atoms with Gasteiger partial charge in [0.15, 0.2) is 6.10 Å². The summed E-state index contributed by atoms with van der Waals surface area (Å²) in [6, 6.07) is 11.9. The van der Waals surface area contributed by atoms with E-state index in [1.165, 1.54) is 24.1 Å². The molecule has 30 heavy (non-hydrogen) atoms. The molecular weight excluding hydrogens is 421 g/mol. The Morgan fingerprint density at radius 3 is 2.47 bits per heavy atom. The van der Waals surface area contributed by atoms with Gasteiger partial charge in [-0.3, -0.25) is 4.79 Å². The molecule has 1 heterocycles. The molecule has 1 amide bonds. The van der Waals surface area contributed by atoms with E-state index >= 15 is 0 Å². The highest BCUT2D eigenvalue weighted by molar-refractivity contribution is 6.30. The number of rotatable bonds is 7. The van der Waals surface area contributed by atoms with E-state index < -0.39 is 11.7 Å². The van der Waals surface area contributed by atoms with Crippen molar-refractivity contribution in [2.24, 2.45) is 5.16 Å². The molecule has 0 spiro atoms. The summed E-state index contributed by atoms with van der Waals surface area (Å²) in [6.45, 7) is 0.221. The van der Waals surface area contributed by atoms with Gasteiger partial charge in [-0.05, 0) is 35.4 Å². The monoisotopic (exact) mass is 440 g/mol. The van der Waals surface area contributed by atoms with Gasteiger partial charge in [0.2, 0.25) is 5.91 Å². The van der Waals surface area contributed by atoms with Crippen LogP contribution >= 0.6 is 11.6 Å². The molecule has 0 fully saturated rings. The number of carbonyl (C=O) groups excluding carboxylic acids is 1. The van der Waals surface area contributed by atoms with Crippen LogP contribution in [0.3, 0.4) is 0 Å². The van der Waals surface area contributed by atoms with E-state index in [0.29, 0.717) is 17.0 Å². The molecule has 2 aromatic rings. The van der Waals surface area contributed by atoms with Crippen LogP contribution in [0.5, 0.6) is 0 Å². The van der Waals surface area contributed by atoms with Crippen molar-refractivity contribution in [3.8, 4) is 0 Å². The zero-order valence-electron chi connectivity index (χ0n) is 16.2. The van der Waals surface area contributed by atoms with E-state index in [4.69, 9.17) is 21.2 Å². The molecule has 0 N–H and O–H groups in total. The van der Waals surface area contributed by atoms with Gasteiger partial charge < -0.3 is 14.5 Å². The maximum Gasteiger partial charge on any atom is 0.416 e. The number of oxime groups is 1. The summed E-state index contributed by atoms with van der Waals surface area (Å²) in [5.41, 5.74) is 1.45. The highest BCUT2D eigenvalue weighted by Crippen LogP contribution is 2.29. The zero-order chi connectivity index (χ0) is 21.7. The first-order valence-electron chi connectivity index (χ1n) is 9.17. The fraction of sp³-hybridized carbons (Fsp3) is 0.333. The molecule has 0 aromatic heterocycles. The molecule has 0 saturated carbocycles. The Balaban J connectivity index is 1.66. The number of benzene rings is 2. The van der Waals surface area contributed by atoms with Crippen LogP contribution in [-0.2, 0) is 27.1 Å². The van der Waals surface area contributed by atoms with Crippen molar-refractivity contribution in [1.82, 2.24) is 4.90 Å². The average molecular weight is 441 g/mol. The lowest BCUT2D eigenvalue weighted by atomic mass is 10.0. The molecule has 0 aliphatic carbocycles. The molecule has 160 valence electrons. The van der Waals surface area contributed by atoms with E-state index in [1.54, 1.807) is 12.1 Å². The smallest absolute Gasteiger partial charge is 0.390 e. The topological polar surface area (TPSA) is 51.1 Å². The number of ether oxygens (including phenoxy) is 1. The van der Waals surface area contributed by atoms with Crippen molar-refractivity contribution in [2.45, 2.75) is 25.2 Å². The van der Waals surface area contributed by atoms with Crippen LogP contribution in [0.15, 0.2) is 53.7 Å². The second kappa shape index (κ2) is 9.49. The summed E-state index contributed by atoms with van der Waals surface area (Å²) in [5, 5.41) is 4.71. The highest BCUT2D eigenvalue weighted by atomic mass is 35.5. The van der Waals surface area contributed by atoms with Gasteiger partial charge in [0, 0.05) is 25.1 Å². The number of amides is 1.